The molecule has 0 bridgehead atoms. The summed E-state index contributed by atoms with van der Waals surface area (Å²) >= 11 is 1.37. The van der Waals surface area contributed by atoms with Crippen molar-refractivity contribution in [2.75, 3.05) is 29.9 Å². The second-order valence-corrected chi connectivity index (χ2v) is 7.88. The van der Waals surface area contributed by atoms with Crippen LogP contribution in [0.5, 0.6) is 0 Å². The SMILES string of the molecule is O=C(Nc1ccccc1N1CCC(CO)CC1)c1cnc(-c2ccncc2)s1. The molecule has 4 rings (SSSR count). The Hall–Kier alpha value is -2.77. The Labute approximate surface area is 167 Å². The Kier molecular flexibility index (Phi) is 5.64. The van der Waals surface area contributed by atoms with E-state index in [-0.39, 0.29) is 12.5 Å². The third-order valence-electron chi connectivity index (χ3n) is 5.02. The molecule has 3 heterocycles. The molecule has 0 radical (unpaired) electrons. The van der Waals surface area contributed by atoms with Crippen LogP contribution in [-0.2, 0) is 0 Å². The van der Waals surface area contributed by atoms with Crippen LogP contribution in [0, 0.1) is 5.92 Å². The number of aliphatic hydroxyl groups is 1. The number of rotatable bonds is 5. The van der Waals surface area contributed by atoms with Crippen molar-refractivity contribution in [1.29, 1.82) is 0 Å². The fraction of sp³-hybridized carbons (Fsp3) is 0.286. The Morgan fingerprint density at radius 1 is 1.18 bits per heavy atom. The quantitative estimate of drug-likeness (QED) is 0.690. The number of amides is 1. The van der Waals surface area contributed by atoms with Crippen molar-refractivity contribution >= 4 is 28.6 Å². The minimum absolute atomic E-state index is 0.157. The van der Waals surface area contributed by atoms with Gasteiger partial charge in [0.1, 0.15) is 9.88 Å². The number of nitrogens with zero attached hydrogens (tertiary/aromatic N) is 3. The van der Waals surface area contributed by atoms with Crippen LogP contribution in [0.15, 0.2) is 55.0 Å². The predicted molar refractivity (Wildman–Crippen MR) is 112 cm³/mol. The lowest BCUT2D eigenvalue weighted by molar-refractivity contribution is 0.103. The summed E-state index contributed by atoms with van der Waals surface area (Å²) in [7, 11) is 0. The first-order chi connectivity index (χ1) is 13.7. The smallest absolute Gasteiger partial charge is 0.267 e. The molecule has 1 aliphatic rings. The number of benzene rings is 1. The summed E-state index contributed by atoms with van der Waals surface area (Å²) in [6, 6.07) is 11.6. The molecule has 2 N–H and O–H groups in total. The Morgan fingerprint density at radius 2 is 1.93 bits per heavy atom. The number of carbonyl (C=O) groups is 1. The second-order valence-electron chi connectivity index (χ2n) is 6.85. The fourth-order valence-electron chi connectivity index (χ4n) is 3.40. The molecular formula is C21H22N4O2S. The molecule has 1 fully saturated rings. The van der Waals surface area contributed by atoms with E-state index in [1.165, 1.54) is 11.3 Å². The lowest BCUT2D eigenvalue weighted by Gasteiger charge is -2.34. The zero-order chi connectivity index (χ0) is 19.3. The van der Waals surface area contributed by atoms with Gasteiger partial charge in [-0.1, -0.05) is 12.1 Å². The van der Waals surface area contributed by atoms with Crippen LogP contribution in [0.1, 0.15) is 22.5 Å². The number of thiazole rings is 1. The van der Waals surface area contributed by atoms with Gasteiger partial charge in [0.15, 0.2) is 0 Å². The maximum absolute atomic E-state index is 12.8. The standard InChI is InChI=1S/C21H22N4O2S/c26-14-15-7-11-25(12-8-15)18-4-2-1-3-17(18)24-20(27)19-13-23-21(28-19)16-5-9-22-10-6-16/h1-6,9-10,13,15,26H,7-8,11-12,14H2,(H,24,27). The van der Waals surface area contributed by atoms with Crippen LogP contribution >= 0.6 is 11.3 Å². The number of hydrogen-bond acceptors (Lipinski definition) is 6. The van der Waals surface area contributed by atoms with Gasteiger partial charge in [-0.2, -0.15) is 0 Å². The number of aliphatic hydroxyl groups excluding tert-OH is 1. The Balaban J connectivity index is 1.49. The van der Waals surface area contributed by atoms with Gasteiger partial charge in [-0.3, -0.25) is 9.78 Å². The van der Waals surface area contributed by atoms with E-state index in [2.05, 4.69) is 20.2 Å². The minimum atomic E-state index is -0.157. The molecule has 0 unspecified atom stereocenters. The van der Waals surface area contributed by atoms with Gasteiger partial charge in [-0.15, -0.1) is 11.3 Å². The van der Waals surface area contributed by atoms with E-state index < -0.39 is 0 Å². The number of hydrogen-bond donors (Lipinski definition) is 2. The third kappa shape index (κ3) is 4.05. The minimum Gasteiger partial charge on any atom is -0.396 e. The van der Waals surface area contributed by atoms with Gasteiger partial charge in [0, 0.05) is 37.7 Å². The summed E-state index contributed by atoms with van der Waals surface area (Å²) in [5.74, 6) is 0.220. The summed E-state index contributed by atoms with van der Waals surface area (Å²) in [6.45, 7) is 2.01. The highest BCUT2D eigenvalue weighted by molar-refractivity contribution is 7.17. The highest BCUT2D eigenvalue weighted by atomic mass is 32.1. The van der Waals surface area contributed by atoms with Crippen molar-refractivity contribution < 1.29 is 9.90 Å². The van der Waals surface area contributed by atoms with Crippen LogP contribution in [0.25, 0.3) is 10.6 Å². The van der Waals surface area contributed by atoms with Crippen molar-refractivity contribution in [3.63, 3.8) is 0 Å². The molecule has 28 heavy (non-hydrogen) atoms. The van der Waals surface area contributed by atoms with Crippen molar-refractivity contribution in [2.45, 2.75) is 12.8 Å². The third-order valence-corrected chi connectivity index (χ3v) is 6.07. The molecule has 1 amide bonds. The van der Waals surface area contributed by atoms with Crippen LogP contribution < -0.4 is 10.2 Å². The number of anilines is 2. The highest BCUT2D eigenvalue weighted by Gasteiger charge is 2.21. The maximum Gasteiger partial charge on any atom is 0.267 e. The van der Waals surface area contributed by atoms with Crippen molar-refractivity contribution in [3.05, 3.63) is 59.9 Å². The molecule has 1 aromatic carbocycles. The lowest BCUT2D eigenvalue weighted by atomic mass is 9.97. The van der Waals surface area contributed by atoms with E-state index in [4.69, 9.17) is 0 Å². The first-order valence-electron chi connectivity index (χ1n) is 9.37. The molecule has 144 valence electrons. The van der Waals surface area contributed by atoms with Crippen LogP contribution in [-0.4, -0.2) is 40.7 Å². The lowest BCUT2D eigenvalue weighted by Crippen LogP contribution is -2.35. The van der Waals surface area contributed by atoms with Gasteiger partial charge in [-0.25, -0.2) is 4.98 Å². The summed E-state index contributed by atoms with van der Waals surface area (Å²) in [5.41, 5.74) is 2.77. The number of aromatic nitrogens is 2. The van der Waals surface area contributed by atoms with E-state index in [0.717, 1.165) is 47.9 Å². The Morgan fingerprint density at radius 3 is 2.68 bits per heavy atom. The van der Waals surface area contributed by atoms with E-state index in [1.807, 2.05) is 36.4 Å². The molecule has 1 saturated heterocycles. The molecule has 0 saturated carbocycles. The molecule has 0 aliphatic carbocycles. The fourth-order valence-corrected chi connectivity index (χ4v) is 4.22. The molecule has 3 aromatic rings. The average Bonchev–Trinajstić information content (AvgIpc) is 3.25. The Bertz CT molecular complexity index is 936. The molecular weight excluding hydrogens is 372 g/mol. The summed E-state index contributed by atoms with van der Waals surface area (Å²) in [4.78, 5) is 24.0. The van der Waals surface area contributed by atoms with Gasteiger partial charge < -0.3 is 15.3 Å². The van der Waals surface area contributed by atoms with Crippen molar-refractivity contribution in [1.82, 2.24) is 9.97 Å². The molecule has 0 atom stereocenters. The second kappa shape index (κ2) is 8.50. The number of pyridine rings is 1. The van der Waals surface area contributed by atoms with Gasteiger partial charge in [0.05, 0.1) is 17.6 Å². The first-order valence-corrected chi connectivity index (χ1v) is 10.2. The van der Waals surface area contributed by atoms with E-state index >= 15 is 0 Å². The first kappa shape index (κ1) is 18.6. The van der Waals surface area contributed by atoms with E-state index in [9.17, 15) is 9.90 Å². The topological polar surface area (TPSA) is 78.4 Å². The highest BCUT2D eigenvalue weighted by Crippen LogP contribution is 2.31. The predicted octanol–water partition coefficient (Wildman–Crippen LogP) is 3.67. The molecule has 1 aliphatic heterocycles. The normalized spacial score (nSPS) is 14.8. The molecule has 6 nitrogen and oxygen atoms in total. The van der Waals surface area contributed by atoms with E-state index in [1.54, 1.807) is 18.6 Å². The van der Waals surface area contributed by atoms with Crippen molar-refractivity contribution in [2.24, 2.45) is 5.92 Å². The number of para-hydroxylation sites is 2. The average molecular weight is 394 g/mol. The van der Waals surface area contributed by atoms with Crippen LogP contribution in [0.3, 0.4) is 0 Å². The zero-order valence-corrected chi connectivity index (χ0v) is 16.2. The van der Waals surface area contributed by atoms with Crippen LogP contribution in [0.4, 0.5) is 11.4 Å². The van der Waals surface area contributed by atoms with Gasteiger partial charge >= 0.3 is 0 Å². The summed E-state index contributed by atoms with van der Waals surface area (Å²) in [5, 5.41) is 13.2. The largest absolute Gasteiger partial charge is 0.396 e. The van der Waals surface area contributed by atoms with Crippen LogP contribution in [0.2, 0.25) is 0 Å². The summed E-state index contributed by atoms with van der Waals surface area (Å²) in [6.07, 6.45) is 6.97. The number of nitrogens with one attached hydrogen (secondary N) is 1. The number of carbonyl (C=O) groups excluding carboxylic acids is 1. The maximum atomic E-state index is 12.8. The van der Waals surface area contributed by atoms with Gasteiger partial charge in [0.2, 0.25) is 0 Å². The van der Waals surface area contributed by atoms with Crippen molar-refractivity contribution in [3.8, 4) is 10.6 Å². The molecule has 0 spiro atoms. The molecule has 7 heteroatoms. The monoisotopic (exact) mass is 394 g/mol. The van der Waals surface area contributed by atoms with E-state index in [0.29, 0.717) is 10.8 Å². The number of piperidine rings is 1. The van der Waals surface area contributed by atoms with Gasteiger partial charge in [-0.05, 0) is 43.0 Å². The zero-order valence-electron chi connectivity index (χ0n) is 15.4. The van der Waals surface area contributed by atoms with Gasteiger partial charge in [0.25, 0.3) is 5.91 Å². The summed E-state index contributed by atoms with van der Waals surface area (Å²) < 4.78 is 0. The molecule has 2 aromatic heterocycles.